The molecule has 1 aliphatic heterocycles. The average Bonchev–Trinajstić information content (AvgIpc) is 2.29. The highest BCUT2D eigenvalue weighted by atomic mass is 79.9. The number of piperidine rings is 1. The Bertz CT molecular complexity index is 484. The standard InChI is InChI=1S/C11H15BrN2O2S/c12-10-5-4-6-11(9-10)13-17(15,16)14-7-2-1-3-8-14/h4-6,9,13H,1-3,7-8H2. The fourth-order valence-corrected chi connectivity index (χ4v) is 3.56. The SMILES string of the molecule is O=S(=O)(Nc1cccc(Br)c1)N1CCCCC1. The van der Waals surface area contributed by atoms with Gasteiger partial charge in [-0.15, -0.1) is 0 Å². The Morgan fingerprint density at radius 2 is 1.88 bits per heavy atom. The molecule has 94 valence electrons. The average molecular weight is 319 g/mol. The van der Waals surface area contributed by atoms with Crippen LogP contribution >= 0.6 is 15.9 Å². The molecule has 1 fully saturated rings. The van der Waals surface area contributed by atoms with Crippen molar-refractivity contribution in [2.24, 2.45) is 0 Å². The predicted molar refractivity (Wildman–Crippen MR) is 72.1 cm³/mol. The van der Waals surface area contributed by atoms with Gasteiger partial charge >= 0.3 is 10.2 Å². The molecule has 6 heteroatoms. The van der Waals surface area contributed by atoms with Crippen molar-refractivity contribution in [3.05, 3.63) is 28.7 Å². The van der Waals surface area contributed by atoms with Crippen molar-refractivity contribution in [2.45, 2.75) is 19.3 Å². The van der Waals surface area contributed by atoms with Crippen LogP contribution in [0.2, 0.25) is 0 Å². The van der Waals surface area contributed by atoms with E-state index in [9.17, 15) is 8.42 Å². The van der Waals surface area contributed by atoms with Crippen molar-refractivity contribution in [2.75, 3.05) is 17.8 Å². The van der Waals surface area contributed by atoms with E-state index in [0.717, 1.165) is 23.7 Å². The van der Waals surface area contributed by atoms with E-state index < -0.39 is 10.2 Å². The number of hydrogen-bond donors (Lipinski definition) is 1. The normalized spacial score (nSPS) is 17.9. The predicted octanol–water partition coefficient (Wildman–Crippen LogP) is 2.59. The van der Waals surface area contributed by atoms with Gasteiger partial charge in [-0.3, -0.25) is 4.72 Å². The topological polar surface area (TPSA) is 49.4 Å². The summed E-state index contributed by atoms with van der Waals surface area (Å²) in [5.74, 6) is 0. The van der Waals surface area contributed by atoms with Crippen LogP contribution in [0.15, 0.2) is 28.7 Å². The number of rotatable bonds is 3. The van der Waals surface area contributed by atoms with Crippen LogP contribution in [0.1, 0.15) is 19.3 Å². The van der Waals surface area contributed by atoms with Gasteiger partial charge in [0.1, 0.15) is 0 Å². The Labute approximate surface area is 110 Å². The van der Waals surface area contributed by atoms with E-state index in [1.807, 2.05) is 6.07 Å². The molecule has 1 aliphatic rings. The largest absolute Gasteiger partial charge is 0.301 e. The number of hydrogen-bond acceptors (Lipinski definition) is 2. The molecule has 1 aromatic rings. The van der Waals surface area contributed by atoms with Crippen molar-refractivity contribution < 1.29 is 8.42 Å². The molecule has 0 saturated carbocycles. The van der Waals surface area contributed by atoms with Crippen LogP contribution in [0.25, 0.3) is 0 Å². The number of nitrogens with one attached hydrogen (secondary N) is 1. The molecule has 0 bridgehead atoms. The summed E-state index contributed by atoms with van der Waals surface area (Å²) in [5.41, 5.74) is 0.588. The maximum atomic E-state index is 12.1. The molecule has 2 rings (SSSR count). The van der Waals surface area contributed by atoms with E-state index in [1.165, 1.54) is 4.31 Å². The lowest BCUT2D eigenvalue weighted by molar-refractivity contribution is 0.349. The lowest BCUT2D eigenvalue weighted by Crippen LogP contribution is -2.39. The first-order valence-corrected chi connectivity index (χ1v) is 7.85. The molecule has 0 aromatic heterocycles. The third-order valence-electron chi connectivity index (χ3n) is 2.73. The molecule has 0 amide bonds. The molecule has 17 heavy (non-hydrogen) atoms. The molecule has 1 heterocycles. The first kappa shape index (κ1) is 12.9. The van der Waals surface area contributed by atoms with Crippen LogP contribution in [0, 0.1) is 0 Å². The second-order valence-corrected chi connectivity index (χ2v) is 6.66. The Morgan fingerprint density at radius 1 is 1.18 bits per heavy atom. The van der Waals surface area contributed by atoms with Gasteiger partial charge in [-0.05, 0) is 31.0 Å². The zero-order valence-electron chi connectivity index (χ0n) is 9.39. The molecule has 1 aromatic carbocycles. The summed E-state index contributed by atoms with van der Waals surface area (Å²) in [4.78, 5) is 0. The van der Waals surface area contributed by atoms with E-state index >= 15 is 0 Å². The minimum atomic E-state index is -3.39. The van der Waals surface area contributed by atoms with Crippen LogP contribution in [0.3, 0.4) is 0 Å². The molecule has 1 saturated heterocycles. The maximum Gasteiger partial charge on any atom is 0.301 e. The van der Waals surface area contributed by atoms with Gasteiger partial charge in [0.25, 0.3) is 0 Å². The molecular formula is C11H15BrN2O2S. The van der Waals surface area contributed by atoms with Crippen molar-refractivity contribution >= 4 is 31.8 Å². The van der Waals surface area contributed by atoms with Crippen LogP contribution < -0.4 is 4.72 Å². The number of benzene rings is 1. The van der Waals surface area contributed by atoms with Crippen molar-refractivity contribution in [1.82, 2.24) is 4.31 Å². The minimum absolute atomic E-state index is 0.588. The van der Waals surface area contributed by atoms with E-state index in [-0.39, 0.29) is 0 Å². The summed E-state index contributed by atoms with van der Waals surface area (Å²) in [5, 5.41) is 0. The Hall–Kier alpha value is -0.590. The van der Waals surface area contributed by atoms with E-state index in [4.69, 9.17) is 0 Å². The first-order valence-electron chi connectivity index (χ1n) is 5.61. The highest BCUT2D eigenvalue weighted by molar-refractivity contribution is 9.10. The third kappa shape index (κ3) is 3.43. The van der Waals surface area contributed by atoms with Crippen molar-refractivity contribution in [1.29, 1.82) is 0 Å². The molecule has 4 nitrogen and oxygen atoms in total. The van der Waals surface area contributed by atoms with Gasteiger partial charge in [0.05, 0.1) is 5.69 Å². The molecule has 0 spiro atoms. The summed E-state index contributed by atoms with van der Waals surface area (Å²) >= 11 is 3.32. The smallest absolute Gasteiger partial charge is 0.271 e. The van der Waals surface area contributed by atoms with E-state index in [1.54, 1.807) is 18.2 Å². The molecule has 0 unspecified atom stereocenters. The fourth-order valence-electron chi connectivity index (χ4n) is 1.87. The molecule has 0 aliphatic carbocycles. The Kier molecular flexibility index (Phi) is 4.06. The number of anilines is 1. The van der Waals surface area contributed by atoms with Gasteiger partial charge < -0.3 is 0 Å². The van der Waals surface area contributed by atoms with Gasteiger partial charge in [0, 0.05) is 17.6 Å². The fraction of sp³-hybridized carbons (Fsp3) is 0.455. The summed E-state index contributed by atoms with van der Waals surface area (Å²) < 4.78 is 29.1. The minimum Gasteiger partial charge on any atom is -0.271 e. The van der Waals surface area contributed by atoms with Crippen LogP contribution in [-0.2, 0) is 10.2 Å². The number of halogens is 1. The molecule has 0 atom stereocenters. The molecule has 0 radical (unpaired) electrons. The molecule has 1 N–H and O–H groups in total. The third-order valence-corrected chi connectivity index (χ3v) is 4.76. The van der Waals surface area contributed by atoms with Gasteiger partial charge in [-0.25, -0.2) is 0 Å². The quantitative estimate of drug-likeness (QED) is 0.931. The highest BCUT2D eigenvalue weighted by Gasteiger charge is 2.23. The monoisotopic (exact) mass is 318 g/mol. The van der Waals surface area contributed by atoms with Gasteiger partial charge in [-0.2, -0.15) is 12.7 Å². The number of nitrogens with zero attached hydrogens (tertiary/aromatic N) is 1. The van der Waals surface area contributed by atoms with Crippen LogP contribution in [0.5, 0.6) is 0 Å². The van der Waals surface area contributed by atoms with Crippen LogP contribution in [-0.4, -0.2) is 25.8 Å². The summed E-state index contributed by atoms with van der Waals surface area (Å²) in [7, 11) is -3.39. The highest BCUT2D eigenvalue weighted by Crippen LogP contribution is 2.19. The molecular weight excluding hydrogens is 304 g/mol. The van der Waals surface area contributed by atoms with Gasteiger partial charge in [0.15, 0.2) is 0 Å². The summed E-state index contributed by atoms with van der Waals surface area (Å²) in [6, 6.07) is 7.16. The first-order chi connectivity index (χ1) is 8.08. The Balaban J connectivity index is 2.11. The second kappa shape index (κ2) is 5.37. The van der Waals surface area contributed by atoms with Crippen LogP contribution in [0.4, 0.5) is 5.69 Å². The van der Waals surface area contributed by atoms with Gasteiger partial charge in [0.2, 0.25) is 0 Å². The van der Waals surface area contributed by atoms with E-state index in [0.29, 0.717) is 18.8 Å². The zero-order chi connectivity index (χ0) is 12.3. The van der Waals surface area contributed by atoms with E-state index in [2.05, 4.69) is 20.7 Å². The lowest BCUT2D eigenvalue weighted by atomic mass is 10.2. The maximum absolute atomic E-state index is 12.1. The van der Waals surface area contributed by atoms with Crippen molar-refractivity contribution in [3.63, 3.8) is 0 Å². The van der Waals surface area contributed by atoms with Crippen molar-refractivity contribution in [3.8, 4) is 0 Å². The zero-order valence-corrected chi connectivity index (χ0v) is 11.8. The summed E-state index contributed by atoms with van der Waals surface area (Å²) in [6.07, 6.45) is 3.00. The van der Waals surface area contributed by atoms with Gasteiger partial charge in [-0.1, -0.05) is 28.4 Å². The summed E-state index contributed by atoms with van der Waals surface area (Å²) in [6.45, 7) is 1.23. The lowest BCUT2D eigenvalue weighted by Gasteiger charge is -2.26. The second-order valence-electron chi connectivity index (χ2n) is 4.08. The Morgan fingerprint density at radius 3 is 2.53 bits per heavy atom.